The fourth-order valence-electron chi connectivity index (χ4n) is 5.20. The summed E-state index contributed by atoms with van der Waals surface area (Å²) in [6.07, 6.45) is 6.81. The van der Waals surface area contributed by atoms with Crippen molar-refractivity contribution in [2.24, 2.45) is 5.92 Å². The molecule has 1 atom stereocenters. The quantitative estimate of drug-likeness (QED) is 0.185. The van der Waals surface area contributed by atoms with E-state index >= 15 is 0 Å². The van der Waals surface area contributed by atoms with E-state index in [1.807, 2.05) is 13.0 Å². The molecule has 0 spiro atoms. The van der Waals surface area contributed by atoms with Gasteiger partial charge < -0.3 is 14.6 Å². The first-order chi connectivity index (χ1) is 18.9. The Kier molecular flexibility index (Phi) is 10.1. The summed E-state index contributed by atoms with van der Waals surface area (Å²) in [5, 5.41) is 10.1. The zero-order chi connectivity index (χ0) is 27.8. The van der Waals surface area contributed by atoms with Gasteiger partial charge in [-0.15, -0.1) is 6.58 Å². The van der Waals surface area contributed by atoms with Crippen molar-refractivity contribution in [2.75, 3.05) is 13.2 Å². The summed E-state index contributed by atoms with van der Waals surface area (Å²) in [5.74, 6) is -1.67. The van der Waals surface area contributed by atoms with Crippen molar-refractivity contribution >= 4 is 0 Å². The molecule has 0 radical (unpaired) electrons. The van der Waals surface area contributed by atoms with Gasteiger partial charge in [0.15, 0.2) is 23.1 Å². The summed E-state index contributed by atoms with van der Waals surface area (Å²) >= 11 is 0. The molecule has 0 amide bonds. The van der Waals surface area contributed by atoms with Gasteiger partial charge in [-0.1, -0.05) is 49.8 Å². The fraction of sp³-hybridized carbons (Fsp3) is 0.394. The molecule has 0 saturated heterocycles. The van der Waals surface area contributed by atoms with Crippen LogP contribution in [0.3, 0.4) is 0 Å². The van der Waals surface area contributed by atoms with Crippen molar-refractivity contribution in [3.63, 3.8) is 0 Å². The second-order valence-corrected chi connectivity index (χ2v) is 10.3. The van der Waals surface area contributed by atoms with Crippen molar-refractivity contribution in [3.05, 3.63) is 95.8 Å². The average molecular weight is 539 g/mol. The first kappa shape index (κ1) is 28.8. The van der Waals surface area contributed by atoms with Gasteiger partial charge in [0, 0.05) is 5.56 Å². The maximum Gasteiger partial charge on any atom is 0.201 e. The molecule has 1 N–H and O–H groups in total. The Morgan fingerprint density at radius 2 is 1.64 bits per heavy atom. The highest BCUT2D eigenvalue weighted by Gasteiger charge is 2.25. The first-order valence-corrected chi connectivity index (χ1v) is 13.8. The molecule has 0 heterocycles. The fourth-order valence-corrected chi connectivity index (χ4v) is 5.20. The third kappa shape index (κ3) is 7.24. The lowest BCUT2D eigenvalue weighted by Crippen LogP contribution is -2.19. The standard InChI is InChI=1S/C33H37F3O3/c1-3-5-19-38-30-17-15-26(20-28(30)34)23-9-7-22(8-10-23)21-39-31-18-16-27(32(35)33(31)36)24-11-13-25(14-12-24)29(37)6-4-2/h3,11-18,20,22-23,29,37H,1,4-10,19,21H2,2H3. The molecule has 0 bridgehead atoms. The summed E-state index contributed by atoms with van der Waals surface area (Å²) in [6, 6.07) is 15.1. The normalized spacial score (nSPS) is 18.0. The second-order valence-electron chi connectivity index (χ2n) is 10.3. The van der Waals surface area contributed by atoms with E-state index in [-0.39, 0.29) is 34.7 Å². The molecular weight excluding hydrogens is 501 g/mol. The van der Waals surface area contributed by atoms with Crippen LogP contribution >= 0.6 is 0 Å². The number of aliphatic hydroxyl groups excluding tert-OH is 1. The predicted octanol–water partition coefficient (Wildman–Crippen LogP) is 8.91. The third-order valence-corrected chi connectivity index (χ3v) is 7.54. The average Bonchev–Trinajstić information content (AvgIpc) is 2.95. The van der Waals surface area contributed by atoms with E-state index in [4.69, 9.17) is 9.47 Å². The van der Waals surface area contributed by atoms with Gasteiger partial charge in [-0.25, -0.2) is 8.78 Å². The van der Waals surface area contributed by atoms with Crippen LogP contribution in [-0.4, -0.2) is 18.3 Å². The largest absolute Gasteiger partial charge is 0.490 e. The second kappa shape index (κ2) is 13.7. The molecular formula is C33H37F3O3. The van der Waals surface area contributed by atoms with Crippen LogP contribution in [0.2, 0.25) is 0 Å². The number of hydrogen-bond donors (Lipinski definition) is 1. The summed E-state index contributed by atoms with van der Waals surface area (Å²) in [5.41, 5.74) is 2.41. The van der Waals surface area contributed by atoms with Gasteiger partial charge in [-0.2, -0.15) is 4.39 Å². The number of hydrogen-bond acceptors (Lipinski definition) is 3. The number of aliphatic hydroxyl groups is 1. The van der Waals surface area contributed by atoms with Crippen LogP contribution in [-0.2, 0) is 0 Å². The third-order valence-electron chi connectivity index (χ3n) is 7.54. The Morgan fingerprint density at radius 1 is 0.923 bits per heavy atom. The molecule has 1 saturated carbocycles. The van der Waals surface area contributed by atoms with Gasteiger partial charge in [-0.05, 0) is 91.3 Å². The van der Waals surface area contributed by atoms with E-state index in [0.717, 1.165) is 43.2 Å². The topological polar surface area (TPSA) is 38.7 Å². The zero-order valence-corrected chi connectivity index (χ0v) is 22.5. The molecule has 1 aliphatic carbocycles. The van der Waals surface area contributed by atoms with Crippen LogP contribution in [0.5, 0.6) is 11.5 Å². The molecule has 6 heteroatoms. The minimum absolute atomic E-state index is 0.0949. The van der Waals surface area contributed by atoms with Gasteiger partial charge in [0.2, 0.25) is 5.82 Å². The Balaban J connectivity index is 1.31. The van der Waals surface area contributed by atoms with Crippen molar-refractivity contribution in [1.29, 1.82) is 0 Å². The predicted molar refractivity (Wildman–Crippen MR) is 149 cm³/mol. The first-order valence-electron chi connectivity index (χ1n) is 13.8. The summed E-state index contributed by atoms with van der Waals surface area (Å²) < 4.78 is 55.4. The zero-order valence-electron chi connectivity index (χ0n) is 22.5. The molecule has 208 valence electrons. The SMILES string of the molecule is C=CCCOc1ccc(C2CCC(COc3ccc(-c4ccc(C(O)CCC)cc4)c(F)c3F)CC2)cc1F. The van der Waals surface area contributed by atoms with Crippen molar-refractivity contribution < 1.29 is 27.8 Å². The summed E-state index contributed by atoms with van der Waals surface area (Å²) in [6.45, 7) is 6.33. The smallest absolute Gasteiger partial charge is 0.201 e. The van der Waals surface area contributed by atoms with Gasteiger partial charge in [0.1, 0.15) is 0 Å². The van der Waals surface area contributed by atoms with Gasteiger partial charge in [0.05, 0.1) is 19.3 Å². The van der Waals surface area contributed by atoms with Crippen LogP contribution in [0.1, 0.15) is 75.0 Å². The van der Waals surface area contributed by atoms with Gasteiger partial charge in [0.25, 0.3) is 0 Å². The van der Waals surface area contributed by atoms with Crippen molar-refractivity contribution in [3.8, 4) is 22.6 Å². The lowest BCUT2D eigenvalue weighted by Gasteiger charge is -2.29. The molecule has 3 nitrogen and oxygen atoms in total. The molecule has 39 heavy (non-hydrogen) atoms. The lowest BCUT2D eigenvalue weighted by molar-refractivity contribution is 0.166. The molecule has 1 unspecified atom stereocenters. The van der Waals surface area contributed by atoms with E-state index in [0.29, 0.717) is 31.6 Å². The molecule has 4 rings (SSSR count). The van der Waals surface area contributed by atoms with Gasteiger partial charge in [-0.3, -0.25) is 0 Å². The molecule has 3 aromatic rings. The van der Waals surface area contributed by atoms with Crippen LogP contribution in [0.4, 0.5) is 13.2 Å². The Hall–Kier alpha value is -3.25. The Bertz CT molecular complexity index is 1230. The molecule has 1 fully saturated rings. The number of rotatable bonds is 12. The highest BCUT2D eigenvalue weighted by atomic mass is 19.2. The van der Waals surface area contributed by atoms with Crippen LogP contribution in [0.25, 0.3) is 11.1 Å². The van der Waals surface area contributed by atoms with Crippen molar-refractivity contribution in [1.82, 2.24) is 0 Å². The van der Waals surface area contributed by atoms with Crippen LogP contribution in [0.15, 0.2) is 67.3 Å². The monoisotopic (exact) mass is 538 g/mol. The molecule has 3 aromatic carbocycles. The highest BCUT2D eigenvalue weighted by molar-refractivity contribution is 5.65. The summed E-state index contributed by atoms with van der Waals surface area (Å²) in [7, 11) is 0. The van der Waals surface area contributed by atoms with Crippen LogP contribution in [0, 0.1) is 23.4 Å². The molecule has 0 aliphatic heterocycles. The van der Waals surface area contributed by atoms with E-state index in [1.165, 1.54) is 12.1 Å². The highest BCUT2D eigenvalue weighted by Crippen LogP contribution is 2.38. The Morgan fingerprint density at radius 3 is 2.31 bits per heavy atom. The number of halogens is 3. The Labute approximate surface area is 229 Å². The minimum Gasteiger partial charge on any atom is -0.490 e. The van der Waals surface area contributed by atoms with Gasteiger partial charge >= 0.3 is 0 Å². The molecule has 1 aliphatic rings. The van der Waals surface area contributed by atoms with E-state index in [1.54, 1.807) is 42.5 Å². The summed E-state index contributed by atoms with van der Waals surface area (Å²) in [4.78, 5) is 0. The molecule has 0 aromatic heterocycles. The van der Waals surface area contributed by atoms with E-state index in [9.17, 15) is 18.3 Å². The van der Waals surface area contributed by atoms with E-state index in [2.05, 4.69) is 6.58 Å². The number of ether oxygens (including phenoxy) is 2. The van der Waals surface area contributed by atoms with Crippen molar-refractivity contribution in [2.45, 2.75) is 63.9 Å². The number of benzene rings is 3. The maximum absolute atomic E-state index is 14.9. The maximum atomic E-state index is 14.9. The minimum atomic E-state index is -0.998. The van der Waals surface area contributed by atoms with E-state index < -0.39 is 17.7 Å². The van der Waals surface area contributed by atoms with Crippen LogP contribution < -0.4 is 9.47 Å². The lowest BCUT2D eigenvalue weighted by atomic mass is 9.79.